The van der Waals surface area contributed by atoms with Crippen molar-refractivity contribution < 1.29 is 8.42 Å². The molecular weight excluding hydrogens is 284 g/mol. The van der Waals surface area contributed by atoms with Crippen LogP contribution in [0.1, 0.15) is 18.9 Å². The van der Waals surface area contributed by atoms with Crippen LogP contribution in [-0.2, 0) is 10.0 Å². The van der Waals surface area contributed by atoms with Crippen LogP contribution in [-0.4, -0.2) is 25.8 Å². The molecule has 0 N–H and O–H groups in total. The Morgan fingerprint density at radius 1 is 1.53 bits per heavy atom. The third kappa shape index (κ3) is 3.57. The van der Waals surface area contributed by atoms with Gasteiger partial charge in [-0.25, -0.2) is 8.42 Å². The minimum absolute atomic E-state index is 0.0384. The fourth-order valence-corrected chi connectivity index (χ4v) is 3.62. The number of rotatable bonds is 6. The predicted molar refractivity (Wildman–Crippen MR) is 75.4 cm³/mol. The van der Waals surface area contributed by atoms with Gasteiger partial charge in [0.25, 0.3) is 0 Å². The second-order valence-electron chi connectivity index (χ2n) is 3.91. The molecule has 19 heavy (non-hydrogen) atoms. The number of hydrogen-bond acceptors (Lipinski definition) is 3. The highest BCUT2D eigenvalue weighted by Crippen LogP contribution is 2.25. The van der Waals surface area contributed by atoms with Gasteiger partial charge in [-0.05, 0) is 24.6 Å². The first-order valence-electron chi connectivity index (χ1n) is 5.78. The maximum Gasteiger partial charge on any atom is 0.244 e. The van der Waals surface area contributed by atoms with Gasteiger partial charge in [0, 0.05) is 13.1 Å². The van der Waals surface area contributed by atoms with E-state index in [9.17, 15) is 8.42 Å². The van der Waals surface area contributed by atoms with E-state index in [1.807, 2.05) is 13.0 Å². The molecule has 0 aliphatic rings. The summed E-state index contributed by atoms with van der Waals surface area (Å²) in [7, 11) is -3.71. The van der Waals surface area contributed by atoms with Crippen LogP contribution in [0, 0.1) is 11.3 Å². The zero-order chi connectivity index (χ0) is 14.5. The zero-order valence-corrected chi connectivity index (χ0v) is 12.2. The molecule has 1 aromatic carbocycles. The molecule has 0 aliphatic carbocycles. The minimum atomic E-state index is -3.71. The van der Waals surface area contributed by atoms with E-state index >= 15 is 0 Å². The number of benzene rings is 1. The smallest absolute Gasteiger partial charge is 0.207 e. The van der Waals surface area contributed by atoms with E-state index in [0.29, 0.717) is 13.0 Å². The maximum atomic E-state index is 12.5. The molecule has 0 amide bonds. The topological polar surface area (TPSA) is 61.2 Å². The summed E-state index contributed by atoms with van der Waals surface area (Å²) in [6.45, 7) is 6.03. The normalized spacial score (nSPS) is 11.3. The standard InChI is InChI=1S/C13H15ClN2O2S/c1-3-7-16(8-4-2)19(17,18)13-9-11(10-15)5-6-12(13)14/h3,5-6,9H,1,4,7-8H2,2H3. The van der Waals surface area contributed by atoms with Gasteiger partial charge in [-0.15, -0.1) is 6.58 Å². The van der Waals surface area contributed by atoms with Crippen molar-refractivity contribution in [2.24, 2.45) is 0 Å². The van der Waals surface area contributed by atoms with Gasteiger partial charge in [0.1, 0.15) is 4.90 Å². The summed E-state index contributed by atoms with van der Waals surface area (Å²) in [6, 6.07) is 6.11. The van der Waals surface area contributed by atoms with Crippen molar-refractivity contribution in [2.75, 3.05) is 13.1 Å². The quantitative estimate of drug-likeness (QED) is 0.759. The number of hydrogen-bond donors (Lipinski definition) is 0. The molecule has 0 saturated carbocycles. The minimum Gasteiger partial charge on any atom is -0.207 e. The lowest BCUT2D eigenvalue weighted by Crippen LogP contribution is -2.32. The molecule has 0 fully saturated rings. The molecule has 102 valence electrons. The van der Waals surface area contributed by atoms with Crippen molar-refractivity contribution in [3.63, 3.8) is 0 Å². The largest absolute Gasteiger partial charge is 0.244 e. The number of nitrogens with zero attached hydrogens (tertiary/aromatic N) is 2. The van der Waals surface area contributed by atoms with Gasteiger partial charge in [0.2, 0.25) is 10.0 Å². The SMILES string of the molecule is C=CCN(CCC)S(=O)(=O)c1cc(C#N)ccc1Cl. The van der Waals surface area contributed by atoms with Crippen LogP contribution in [0.3, 0.4) is 0 Å². The van der Waals surface area contributed by atoms with Crippen LogP contribution in [0.25, 0.3) is 0 Å². The van der Waals surface area contributed by atoms with Crippen molar-refractivity contribution >= 4 is 21.6 Å². The molecule has 1 aromatic rings. The average Bonchev–Trinajstić information content (AvgIpc) is 2.39. The fourth-order valence-electron chi connectivity index (χ4n) is 1.61. The molecule has 0 atom stereocenters. The first-order chi connectivity index (χ1) is 8.97. The van der Waals surface area contributed by atoms with Crippen molar-refractivity contribution in [3.05, 3.63) is 41.4 Å². The van der Waals surface area contributed by atoms with Crippen LogP contribution in [0.15, 0.2) is 35.7 Å². The Kier molecular flexibility index (Phi) is 5.55. The molecule has 0 spiro atoms. The molecule has 0 bridgehead atoms. The summed E-state index contributed by atoms with van der Waals surface area (Å²) in [5.74, 6) is 0. The van der Waals surface area contributed by atoms with Gasteiger partial charge in [-0.1, -0.05) is 24.6 Å². The summed E-state index contributed by atoms with van der Waals surface area (Å²) in [6.07, 6.45) is 2.21. The van der Waals surface area contributed by atoms with Gasteiger partial charge in [0.05, 0.1) is 16.7 Å². The monoisotopic (exact) mass is 298 g/mol. The summed E-state index contributed by atoms with van der Waals surface area (Å²) in [5.41, 5.74) is 0.262. The predicted octanol–water partition coefficient (Wildman–Crippen LogP) is 2.80. The van der Waals surface area contributed by atoms with Gasteiger partial charge >= 0.3 is 0 Å². The summed E-state index contributed by atoms with van der Waals surface area (Å²) in [4.78, 5) is -0.0384. The molecule has 0 unspecified atom stereocenters. The third-order valence-corrected chi connectivity index (χ3v) is 4.83. The first kappa shape index (κ1) is 15.7. The number of nitriles is 1. The first-order valence-corrected chi connectivity index (χ1v) is 7.59. The van der Waals surface area contributed by atoms with Crippen molar-refractivity contribution in [2.45, 2.75) is 18.2 Å². The van der Waals surface area contributed by atoms with E-state index in [-0.39, 0.29) is 22.0 Å². The molecule has 4 nitrogen and oxygen atoms in total. The molecular formula is C13H15ClN2O2S. The highest BCUT2D eigenvalue weighted by atomic mass is 35.5. The second kappa shape index (κ2) is 6.71. The molecule has 0 heterocycles. The summed E-state index contributed by atoms with van der Waals surface area (Å²) in [5, 5.41) is 8.96. The summed E-state index contributed by atoms with van der Waals surface area (Å²) >= 11 is 5.94. The van der Waals surface area contributed by atoms with E-state index in [1.165, 1.54) is 28.6 Å². The van der Waals surface area contributed by atoms with Crippen LogP contribution >= 0.6 is 11.6 Å². The van der Waals surface area contributed by atoms with E-state index in [0.717, 1.165) is 0 Å². The average molecular weight is 299 g/mol. The maximum absolute atomic E-state index is 12.5. The molecule has 0 saturated heterocycles. The Labute approximate surface area is 119 Å². The lowest BCUT2D eigenvalue weighted by molar-refractivity contribution is 0.441. The second-order valence-corrected chi connectivity index (χ2v) is 6.22. The highest BCUT2D eigenvalue weighted by Gasteiger charge is 2.25. The van der Waals surface area contributed by atoms with Crippen molar-refractivity contribution in [1.82, 2.24) is 4.31 Å². The number of sulfonamides is 1. The Morgan fingerprint density at radius 2 is 2.21 bits per heavy atom. The lowest BCUT2D eigenvalue weighted by Gasteiger charge is -2.20. The zero-order valence-electron chi connectivity index (χ0n) is 10.6. The lowest BCUT2D eigenvalue weighted by atomic mass is 10.2. The van der Waals surface area contributed by atoms with Crippen LogP contribution in [0.5, 0.6) is 0 Å². The van der Waals surface area contributed by atoms with E-state index in [2.05, 4.69) is 6.58 Å². The van der Waals surface area contributed by atoms with Gasteiger partial charge < -0.3 is 0 Å². The molecule has 6 heteroatoms. The van der Waals surface area contributed by atoms with Crippen LogP contribution in [0.4, 0.5) is 0 Å². The van der Waals surface area contributed by atoms with E-state index < -0.39 is 10.0 Å². The Balaban J connectivity index is 3.32. The molecule has 0 radical (unpaired) electrons. The van der Waals surface area contributed by atoms with Crippen LogP contribution < -0.4 is 0 Å². The molecule has 0 aliphatic heterocycles. The number of halogens is 1. The van der Waals surface area contributed by atoms with Gasteiger partial charge in [0.15, 0.2) is 0 Å². The van der Waals surface area contributed by atoms with Gasteiger partial charge in [-0.2, -0.15) is 9.57 Å². The molecule has 0 aromatic heterocycles. The van der Waals surface area contributed by atoms with Crippen molar-refractivity contribution in [1.29, 1.82) is 5.26 Å². The fraction of sp³-hybridized carbons (Fsp3) is 0.308. The Morgan fingerprint density at radius 3 is 2.74 bits per heavy atom. The Bertz CT molecular complexity index is 606. The van der Waals surface area contributed by atoms with Crippen molar-refractivity contribution in [3.8, 4) is 6.07 Å². The van der Waals surface area contributed by atoms with Gasteiger partial charge in [-0.3, -0.25) is 0 Å². The third-order valence-electron chi connectivity index (χ3n) is 2.48. The van der Waals surface area contributed by atoms with E-state index in [4.69, 9.17) is 16.9 Å². The summed E-state index contributed by atoms with van der Waals surface area (Å²) < 4.78 is 26.3. The van der Waals surface area contributed by atoms with E-state index in [1.54, 1.807) is 0 Å². The van der Waals surface area contributed by atoms with Crippen LogP contribution in [0.2, 0.25) is 5.02 Å². The molecule has 1 rings (SSSR count). The highest BCUT2D eigenvalue weighted by molar-refractivity contribution is 7.89. The Hall–Kier alpha value is -1.35.